The number of carbonyl (C=O) groups excluding carboxylic acids is 2. The van der Waals surface area contributed by atoms with Crippen molar-refractivity contribution >= 4 is 23.4 Å². The van der Waals surface area contributed by atoms with Gasteiger partial charge in [-0.15, -0.1) is 0 Å². The number of likely N-dealkylation sites (tertiary alicyclic amines) is 2. The van der Waals surface area contributed by atoms with Crippen LogP contribution < -0.4 is 5.73 Å². The molecule has 3 rings (SSSR count). The molecular weight excluding hydrogens is 338 g/mol. The Balaban J connectivity index is 1.62. The van der Waals surface area contributed by atoms with E-state index in [9.17, 15) is 9.59 Å². The van der Waals surface area contributed by atoms with Crippen molar-refractivity contribution < 1.29 is 9.59 Å². The molecule has 0 spiro atoms. The van der Waals surface area contributed by atoms with Crippen molar-refractivity contribution in [1.29, 1.82) is 0 Å². The van der Waals surface area contributed by atoms with Crippen molar-refractivity contribution in [1.82, 2.24) is 9.80 Å². The van der Waals surface area contributed by atoms with Crippen LogP contribution in [0.1, 0.15) is 37.7 Å². The molecule has 0 atom stereocenters. The zero-order valence-electron chi connectivity index (χ0n) is 14.5. The summed E-state index contributed by atoms with van der Waals surface area (Å²) < 4.78 is 0. The molecule has 2 aliphatic rings. The van der Waals surface area contributed by atoms with Crippen LogP contribution in [0.3, 0.4) is 0 Å². The van der Waals surface area contributed by atoms with E-state index in [1.807, 2.05) is 17.0 Å². The van der Waals surface area contributed by atoms with Crippen molar-refractivity contribution in [3.8, 4) is 0 Å². The predicted octanol–water partition coefficient (Wildman–Crippen LogP) is 2.21. The lowest BCUT2D eigenvalue weighted by Crippen LogP contribution is -2.63. The molecular formula is C19H26ClN3O2. The van der Waals surface area contributed by atoms with Crippen molar-refractivity contribution in [3.05, 3.63) is 34.9 Å². The Hall–Kier alpha value is -1.59. The normalized spacial score (nSPS) is 21.1. The number of nitrogens with zero attached hydrogens (tertiary/aromatic N) is 2. The fourth-order valence-corrected chi connectivity index (χ4v) is 4.18. The zero-order valence-corrected chi connectivity index (χ0v) is 15.3. The fraction of sp³-hybridized carbons (Fsp3) is 0.579. The van der Waals surface area contributed by atoms with Crippen LogP contribution in [0.4, 0.5) is 0 Å². The van der Waals surface area contributed by atoms with E-state index >= 15 is 0 Å². The topological polar surface area (TPSA) is 66.6 Å². The molecule has 2 fully saturated rings. The van der Waals surface area contributed by atoms with Crippen molar-refractivity contribution in [3.63, 3.8) is 0 Å². The average molecular weight is 364 g/mol. The number of hydrogen-bond acceptors (Lipinski definition) is 3. The van der Waals surface area contributed by atoms with Gasteiger partial charge < -0.3 is 10.6 Å². The molecule has 136 valence electrons. The van der Waals surface area contributed by atoms with Gasteiger partial charge in [0.25, 0.3) is 0 Å². The number of primary amides is 1. The molecule has 2 N–H and O–H groups in total. The highest BCUT2D eigenvalue weighted by atomic mass is 35.5. The third kappa shape index (κ3) is 3.98. The first-order valence-electron chi connectivity index (χ1n) is 9.08. The summed E-state index contributed by atoms with van der Waals surface area (Å²) in [6.07, 6.45) is 5.09. The van der Waals surface area contributed by atoms with Crippen molar-refractivity contribution in [2.45, 2.75) is 44.1 Å². The summed E-state index contributed by atoms with van der Waals surface area (Å²) in [6.45, 7) is 3.04. The minimum atomic E-state index is -0.572. The standard InChI is InChI=1S/C19H26ClN3O2/c20-16-6-4-15(5-7-16)14-17(24)22-12-8-19(9-13-22,18(21)25)23-10-2-1-3-11-23/h4-7H,1-3,8-14H2,(H2,21,25). The van der Waals surface area contributed by atoms with Crippen molar-refractivity contribution in [2.24, 2.45) is 5.73 Å². The minimum Gasteiger partial charge on any atom is -0.368 e. The lowest BCUT2D eigenvalue weighted by Gasteiger charge is -2.48. The van der Waals surface area contributed by atoms with Crippen LogP contribution in [0.5, 0.6) is 0 Å². The van der Waals surface area contributed by atoms with E-state index in [2.05, 4.69) is 4.90 Å². The van der Waals surface area contributed by atoms with Gasteiger partial charge in [0.2, 0.25) is 11.8 Å². The SMILES string of the molecule is NC(=O)C1(N2CCCCC2)CCN(C(=O)Cc2ccc(Cl)cc2)CC1. The Morgan fingerprint density at radius 1 is 1.00 bits per heavy atom. The third-order valence-electron chi connectivity index (χ3n) is 5.63. The number of benzene rings is 1. The molecule has 2 amide bonds. The van der Waals surface area contributed by atoms with Gasteiger partial charge in [-0.3, -0.25) is 14.5 Å². The fourth-order valence-electron chi connectivity index (χ4n) is 4.06. The highest BCUT2D eigenvalue weighted by molar-refractivity contribution is 6.30. The molecule has 25 heavy (non-hydrogen) atoms. The molecule has 0 bridgehead atoms. The van der Waals surface area contributed by atoms with E-state index in [0.717, 1.165) is 31.5 Å². The number of nitrogens with two attached hydrogens (primary N) is 1. The summed E-state index contributed by atoms with van der Waals surface area (Å²) in [5.74, 6) is -0.141. The number of piperidine rings is 2. The first-order valence-corrected chi connectivity index (χ1v) is 9.46. The van der Waals surface area contributed by atoms with Crippen LogP contribution in [-0.2, 0) is 16.0 Å². The van der Waals surface area contributed by atoms with E-state index in [0.29, 0.717) is 37.4 Å². The molecule has 2 heterocycles. The molecule has 0 saturated carbocycles. The highest BCUT2D eigenvalue weighted by Gasteiger charge is 2.45. The molecule has 0 aliphatic carbocycles. The van der Waals surface area contributed by atoms with Gasteiger partial charge in [0, 0.05) is 18.1 Å². The molecule has 0 unspecified atom stereocenters. The van der Waals surface area contributed by atoms with E-state index in [1.54, 1.807) is 12.1 Å². The van der Waals surface area contributed by atoms with Gasteiger partial charge in [-0.25, -0.2) is 0 Å². The largest absolute Gasteiger partial charge is 0.368 e. The van der Waals surface area contributed by atoms with Gasteiger partial charge >= 0.3 is 0 Å². The van der Waals surface area contributed by atoms with Gasteiger partial charge in [-0.2, -0.15) is 0 Å². The summed E-state index contributed by atoms with van der Waals surface area (Å²) in [4.78, 5) is 28.9. The molecule has 5 nitrogen and oxygen atoms in total. The summed E-state index contributed by atoms with van der Waals surface area (Å²) in [5, 5.41) is 0.668. The number of carbonyl (C=O) groups is 2. The minimum absolute atomic E-state index is 0.0963. The first-order chi connectivity index (χ1) is 12.0. The summed E-state index contributed by atoms with van der Waals surface area (Å²) >= 11 is 5.89. The van der Waals surface area contributed by atoms with Crippen LogP contribution in [0.15, 0.2) is 24.3 Å². The Kier molecular flexibility index (Phi) is 5.64. The Labute approximate surface area is 154 Å². The summed E-state index contributed by atoms with van der Waals surface area (Å²) in [6, 6.07) is 7.36. The number of amides is 2. The summed E-state index contributed by atoms with van der Waals surface area (Å²) in [5.41, 5.74) is 6.18. The van der Waals surface area contributed by atoms with Crippen LogP contribution in [0.2, 0.25) is 5.02 Å². The quantitative estimate of drug-likeness (QED) is 0.891. The van der Waals surface area contributed by atoms with Crippen LogP contribution in [-0.4, -0.2) is 53.3 Å². The van der Waals surface area contributed by atoms with Gasteiger partial charge in [-0.1, -0.05) is 30.2 Å². The van der Waals surface area contributed by atoms with Crippen LogP contribution >= 0.6 is 11.6 Å². The number of hydrogen-bond donors (Lipinski definition) is 1. The Morgan fingerprint density at radius 2 is 1.60 bits per heavy atom. The monoisotopic (exact) mass is 363 g/mol. The van der Waals surface area contributed by atoms with Crippen LogP contribution in [0, 0.1) is 0 Å². The van der Waals surface area contributed by atoms with Crippen LogP contribution in [0.25, 0.3) is 0 Å². The second kappa shape index (κ2) is 7.75. The number of rotatable bonds is 4. The molecule has 2 saturated heterocycles. The lowest BCUT2D eigenvalue weighted by molar-refractivity contribution is -0.141. The van der Waals surface area contributed by atoms with Gasteiger partial charge in [0.15, 0.2) is 0 Å². The summed E-state index contributed by atoms with van der Waals surface area (Å²) in [7, 11) is 0. The number of halogens is 1. The average Bonchev–Trinajstić information content (AvgIpc) is 2.64. The second-order valence-corrected chi connectivity index (χ2v) is 7.56. The maximum Gasteiger partial charge on any atom is 0.238 e. The molecule has 6 heteroatoms. The Bertz CT molecular complexity index is 618. The van der Waals surface area contributed by atoms with Gasteiger partial charge in [0.1, 0.15) is 5.54 Å². The smallest absolute Gasteiger partial charge is 0.238 e. The molecule has 1 aromatic carbocycles. The van der Waals surface area contributed by atoms with Gasteiger partial charge in [0.05, 0.1) is 6.42 Å². The maximum absolute atomic E-state index is 12.6. The third-order valence-corrected chi connectivity index (χ3v) is 5.88. The second-order valence-electron chi connectivity index (χ2n) is 7.13. The first kappa shape index (κ1) is 18.2. The molecule has 1 aromatic rings. The van der Waals surface area contributed by atoms with E-state index in [1.165, 1.54) is 6.42 Å². The van der Waals surface area contributed by atoms with E-state index in [-0.39, 0.29) is 11.8 Å². The van der Waals surface area contributed by atoms with Crippen molar-refractivity contribution in [2.75, 3.05) is 26.2 Å². The predicted molar refractivity (Wildman–Crippen MR) is 98.3 cm³/mol. The van der Waals surface area contributed by atoms with E-state index in [4.69, 9.17) is 17.3 Å². The molecule has 0 aromatic heterocycles. The lowest BCUT2D eigenvalue weighted by atomic mass is 9.83. The molecule has 2 aliphatic heterocycles. The van der Waals surface area contributed by atoms with E-state index < -0.39 is 5.54 Å². The Morgan fingerprint density at radius 3 is 2.16 bits per heavy atom. The highest BCUT2D eigenvalue weighted by Crippen LogP contribution is 2.31. The maximum atomic E-state index is 12.6. The molecule has 0 radical (unpaired) electrons. The van der Waals surface area contributed by atoms with Gasteiger partial charge in [-0.05, 0) is 56.5 Å². The zero-order chi connectivity index (χ0) is 17.9.